The van der Waals surface area contributed by atoms with Gasteiger partial charge < -0.3 is 15.5 Å². The summed E-state index contributed by atoms with van der Waals surface area (Å²) in [4.78, 5) is 22.4. The summed E-state index contributed by atoms with van der Waals surface area (Å²) < 4.78 is 0. The number of benzene rings is 1. The molecule has 0 unspecified atom stereocenters. The number of amides is 1. The number of anilines is 1. The van der Waals surface area contributed by atoms with Crippen molar-refractivity contribution in [3.8, 4) is 0 Å². The Kier molecular flexibility index (Phi) is 6.96. The molecule has 2 N–H and O–H groups in total. The van der Waals surface area contributed by atoms with Gasteiger partial charge in [0.05, 0.1) is 12.4 Å². The second kappa shape index (κ2) is 9.20. The molecule has 1 aromatic carbocycles. The molecule has 0 spiro atoms. The Labute approximate surface area is 147 Å². The topological polar surface area (TPSA) is 70.2 Å². The summed E-state index contributed by atoms with van der Waals surface area (Å²) in [7, 11) is 4.01. The van der Waals surface area contributed by atoms with E-state index in [1.165, 1.54) is 6.20 Å². The van der Waals surface area contributed by atoms with Gasteiger partial charge in [0, 0.05) is 18.1 Å². The van der Waals surface area contributed by atoms with E-state index in [2.05, 4.69) is 25.5 Å². The molecule has 0 aliphatic carbocycles. The Balaban J connectivity index is 1.79. The van der Waals surface area contributed by atoms with Crippen molar-refractivity contribution in [2.45, 2.75) is 13.0 Å². The first-order chi connectivity index (χ1) is 11.5. The van der Waals surface area contributed by atoms with Crippen molar-refractivity contribution in [3.63, 3.8) is 0 Å². The third-order valence-electron chi connectivity index (χ3n) is 3.34. The molecule has 0 saturated heterocycles. The van der Waals surface area contributed by atoms with Crippen LogP contribution in [0.2, 0.25) is 5.02 Å². The summed E-state index contributed by atoms with van der Waals surface area (Å²) in [6, 6.07) is 7.57. The van der Waals surface area contributed by atoms with E-state index in [0.717, 1.165) is 18.5 Å². The lowest BCUT2D eigenvalue weighted by atomic mass is 10.2. The Morgan fingerprint density at radius 2 is 1.92 bits per heavy atom. The van der Waals surface area contributed by atoms with Gasteiger partial charge in [-0.05, 0) is 44.8 Å². The predicted octanol–water partition coefficient (Wildman–Crippen LogP) is 2.42. The third-order valence-corrected chi connectivity index (χ3v) is 3.59. The van der Waals surface area contributed by atoms with Crippen LogP contribution in [0.15, 0.2) is 36.7 Å². The molecular formula is C17H22ClN5O. The molecule has 2 aromatic rings. The molecule has 0 atom stereocenters. The molecule has 7 heteroatoms. The van der Waals surface area contributed by atoms with Crippen LogP contribution in [0.3, 0.4) is 0 Å². The van der Waals surface area contributed by atoms with E-state index in [9.17, 15) is 4.79 Å². The summed E-state index contributed by atoms with van der Waals surface area (Å²) in [6.07, 6.45) is 3.93. The first kappa shape index (κ1) is 18.2. The maximum Gasteiger partial charge on any atom is 0.271 e. The van der Waals surface area contributed by atoms with Gasteiger partial charge in [-0.3, -0.25) is 4.79 Å². The molecule has 0 bridgehead atoms. The van der Waals surface area contributed by atoms with Crippen LogP contribution in [-0.4, -0.2) is 48.0 Å². The number of aromatic nitrogens is 2. The Morgan fingerprint density at radius 1 is 1.17 bits per heavy atom. The number of nitrogens with zero attached hydrogens (tertiary/aromatic N) is 3. The van der Waals surface area contributed by atoms with Gasteiger partial charge in [-0.25, -0.2) is 9.97 Å². The maximum absolute atomic E-state index is 12.0. The summed E-state index contributed by atoms with van der Waals surface area (Å²) >= 11 is 5.85. The first-order valence-electron chi connectivity index (χ1n) is 7.78. The molecule has 1 amide bonds. The Morgan fingerprint density at radius 3 is 2.54 bits per heavy atom. The zero-order valence-corrected chi connectivity index (χ0v) is 14.7. The largest absolute Gasteiger partial charge is 0.365 e. The van der Waals surface area contributed by atoms with Crippen molar-refractivity contribution in [3.05, 3.63) is 52.9 Å². The molecule has 0 aliphatic heterocycles. The highest BCUT2D eigenvalue weighted by molar-refractivity contribution is 6.30. The first-order valence-corrected chi connectivity index (χ1v) is 8.15. The SMILES string of the molecule is CN(C)CCCNC(=O)c1cnc(NCc2ccc(Cl)cc2)cn1. The molecule has 1 aromatic heterocycles. The number of nitrogens with one attached hydrogen (secondary N) is 2. The number of hydrogen-bond donors (Lipinski definition) is 2. The minimum atomic E-state index is -0.203. The van der Waals surface area contributed by atoms with Crippen molar-refractivity contribution in [1.82, 2.24) is 20.2 Å². The van der Waals surface area contributed by atoms with E-state index in [1.54, 1.807) is 6.20 Å². The predicted molar refractivity (Wildman–Crippen MR) is 96.3 cm³/mol. The second-order valence-corrected chi connectivity index (χ2v) is 6.12. The van der Waals surface area contributed by atoms with Crippen molar-refractivity contribution < 1.29 is 4.79 Å². The maximum atomic E-state index is 12.0. The monoisotopic (exact) mass is 347 g/mol. The van der Waals surface area contributed by atoms with Crippen LogP contribution in [0.4, 0.5) is 5.82 Å². The molecule has 24 heavy (non-hydrogen) atoms. The minimum absolute atomic E-state index is 0.203. The molecule has 0 saturated carbocycles. The number of carbonyl (C=O) groups excluding carboxylic acids is 1. The zero-order valence-electron chi connectivity index (χ0n) is 13.9. The molecule has 6 nitrogen and oxygen atoms in total. The molecule has 2 rings (SSSR count). The highest BCUT2D eigenvalue weighted by atomic mass is 35.5. The van der Waals surface area contributed by atoms with Crippen LogP contribution >= 0.6 is 11.6 Å². The second-order valence-electron chi connectivity index (χ2n) is 5.68. The molecule has 0 fully saturated rings. The van der Waals surface area contributed by atoms with Gasteiger partial charge >= 0.3 is 0 Å². The smallest absolute Gasteiger partial charge is 0.271 e. The molecular weight excluding hydrogens is 326 g/mol. The Hall–Kier alpha value is -2.18. The lowest BCUT2D eigenvalue weighted by Crippen LogP contribution is -2.27. The van der Waals surface area contributed by atoms with Crippen LogP contribution < -0.4 is 10.6 Å². The molecule has 1 heterocycles. The number of rotatable bonds is 8. The number of hydrogen-bond acceptors (Lipinski definition) is 5. The lowest BCUT2D eigenvalue weighted by molar-refractivity contribution is 0.0947. The van der Waals surface area contributed by atoms with Crippen LogP contribution in [0, 0.1) is 0 Å². The zero-order chi connectivity index (χ0) is 17.4. The van der Waals surface area contributed by atoms with Crippen molar-refractivity contribution in [2.75, 3.05) is 32.5 Å². The van der Waals surface area contributed by atoms with Crippen molar-refractivity contribution >= 4 is 23.3 Å². The highest BCUT2D eigenvalue weighted by Crippen LogP contribution is 2.11. The van der Waals surface area contributed by atoms with Crippen LogP contribution in [0.5, 0.6) is 0 Å². The van der Waals surface area contributed by atoms with Gasteiger partial charge in [0.25, 0.3) is 5.91 Å². The minimum Gasteiger partial charge on any atom is -0.365 e. The fourth-order valence-electron chi connectivity index (χ4n) is 2.02. The highest BCUT2D eigenvalue weighted by Gasteiger charge is 2.07. The van der Waals surface area contributed by atoms with Crippen LogP contribution in [0.25, 0.3) is 0 Å². The summed E-state index contributed by atoms with van der Waals surface area (Å²) in [5.74, 6) is 0.416. The van der Waals surface area contributed by atoms with Gasteiger partial charge in [-0.1, -0.05) is 23.7 Å². The number of carbonyl (C=O) groups is 1. The number of halogens is 1. The summed E-state index contributed by atoms with van der Waals surface area (Å²) in [5, 5.41) is 6.70. The van der Waals surface area contributed by atoms with Gasteiger partial charge in [-0.2, -0.15) is 0 Å². The molecule has 0 aliphatic rings. The van der Waals surface area contributed by atoms with Gasteiger partial charge in [-0.15, -0.1) is 0 Å². The van der Waals surface area contributed by atoms with Gasteiger partial charge in [0.2, 0.25) is 0 Å². The standard InChI is InChI=1S/C17H22ClN5O/c1-23(2)9-3-8-19-17(24)15-11-22-16(12-20-15)21-10-13-4-6-14(18)7-5-13/h4-7,11-12H,3,8-10H2,1-2H3,(H,19,24)(H,21,22). The molecule has 128 valence electrons. The fourth-order valence-corrected chi connectivity index (χ4v) is 2.15. The van der Waals surface area contributed by atoms with E-state index in [4.69, 9.17) is 11.6 Å². The average Bonchev–Trinajstić information content (AvgIpc) is 2.58. The average molecular weight is 348 g/mol. The van der Waals surface area contributed by atoms with E-state index < -0.39 is 0 Å². The van der Waals surface area contributed by atoms with Crippen molar-refractivity contribution in [2.24, 2.45) is 0 Å². The summed E-state index contributed by atoms with van der Waals surface area (Å²) in [5.41, 5.74) is 1.40. The molecule has 0 radical (unpaired) electrons. The van der Waals surface area contributed by atoms with E-state index in [0.29, 0.717) is 29.6 Å². The van der Waals surface area contributed by atoms with E-state index in [-0.39, 0.29) is 5.91 Å². The normalized spacial score (nSPS) is 10.7. The fraction of sp³-hybridized carbons (Fsp3) is 0.353. The van der Waals surface area contributed by atoms with Crippen LogP contribution in [-0.2, 0) is 6.54 Å². The van der Waals surface area contributed by atoms with E-state index in [1.807, 2.05) is 38.4 Å². The summed E-state index contributed by atoms with van der Waals surface area (Å²) in [6.45, 7) is 2.16. The van der Waals surface area contributed by atoms with Gasteiger partial charge in [0.1, 0.15) is 11.5 Å². The lowest BCUT2D eigenvalue weighted by Gasteiger charge is -2.10. The van der Waals surface area contributed by atoms with Gasteiger partial charge in [0.15, 0.2) is 0 Å². The third kappa shape index (κ3) is 6.14. The quantitative estimate of drug-likeness (QED) is 0.718. The Bertz CT molecular complexity index is 643. The van der Waals surface area contributed by atoms with E-state index >= 15 is 0 Å². The van der Waals surface area contributed by atoms with Crippen molar-refractivity contribution in [1.29, 1.82) is 0 Å². The van der Waals surface area contributed by atoms with Crippen LogP contribution in [0.1, 0.15) is 22.5 Å².